The molecule has 1 amide bonds. The average molecular weight is 491 g/mol. The fourth-order valence-electron chi connectivity index (χ4n) is 6.62. The van der Waals surface area contributed by atoms with E-state index in [-0.39, 0.29) is 5.92 Å². The molecule has 2 heterocycles. The summed E-state index contributed by atoms with van der Waals surface area (Å²) in [7, 11) is 0. The molecule has 1 atom stereocenters. The molecule has 0 bridgehead atoms. The molecule has 0 radical (unpaired) electrons. The maximum absolute atomic E-state index is 13.4. The molecule has 0 aromatic heterocycles. The molecule has 2 saturated heterocycles. The van der Waals surface area contributed by atoms with Gasteiger partial charge in [-0.2, -0.15) is 0 Å². The van der Waals surface area contributed by atoms with E-state index in [0.717, 1.165) is 25.9 Å². The van der Waals surface area contributed by atoms with E-state index in [1.807, 2.05) is 0 Å². The Morgan fingerprint density at radius 3 is 1.86 bits per heavy atom. The maximum atomic E-state index is 13.4. The van der Waals surface area contributed by atoms with Crippen LogP contribution in [-0.4, -0.2) is 48.4 Å². The molecule has 3 nitrogen and oxygen atoms in total. The number of likely N-dealkylation sites (tertiary alicyclic amines) is 2. The Labute approximate surface area is 220 Å². The zero-order valence-electron chi connectivity index (χ0n) is 24.6. The first-order valence-electron chi connectivity index (χ1n) is 15.9. The van der Waals surface area contributed by atoms with Gasteiger partial charge in [0.05, 0.1) is 0 Å². The van der Waals surface area contributed by atoms with Gasteiger partial charge >= 0.3 is 0 Å². The van der Waals surface area contributed by atoms with Gasteiger partial charge in [0.1, 0.15) is 0 Å². The van der Waals surface area contributed by atoms with Crippen molar-refractivity contribution >= 4 is 5.91 Å². The largest absolute Gasteiger partial charge is 0.342 e. The third-order valence-electron chi connectivity index (χ3n) is 9.20. The quantitative estimate of drug-likeness (QED) is 0.169. The molecular weight excluding hydrogens is 428 g/mol. The third kappa shape index (κ3) is 11.1. The molecule has 0 aromatic rings. The fourth-order valence-corrected chi connectivity index (χ4v) is 6.62. The van der Waals surface area contributed by atoms with Gasteiger partial charge in [0, 0.05) is 32.1 Å². The fraction of sp³-hybridized carbons (Fsp3) is 0.969. The number of unbranched alkanes of at least 4 members (excludes halogenated alkanes) is 8. The summed E-state index contributed by atoms with van der Waals surface area (Å²) in [5.74, 6) is 0.778. The summed E-state index contributed by atoms with van der Waals surface area (Å²) < 4.78 is 0. The summed E-state index contributed by atoms with van der Waals surface area (Å²) in [4.78, 5) is 18.4. The van der Waals surface area contributed by atoms with Crippen LogP contribution in [-0.2, 0) is 4.79 Å². The lowest BCUT2D eigenvalue weighted by molar-refractivity contribution is -0.141. The Hall–Kier alpha value is -0.570. The van der Waals surface area contributed by atoms with Gasteiger partial charge < -0.3 is 9.80 Å². The van der Waals surface area contributed by atoms with E-state index in [1.165, 1.54) is 122 Å². The number of carbonyl (C=O) groups is 1. The second-order valence-electron chi connectivity index (χ2n) is 13.2. The third-order valence-corrected chi connectivity index (χ3v) is 9.20. The zero-order chi connectivity index (χ0) is 25.6. The first kappa shape index (κ1) is 30.7. The summed E-state index contributed by atoms with van der Waals surface area (Å²) in [5, 5.41) is 0. The molecule has 2 aliphatic rings. The van der Waals surface area contributed by atoms with Crippen LogP contribution in [0.3, 0.4) is 0 Å². The maximum Gasteiger partial charge on any atom is 0.225 e. The minimum absolute atomic E-state index is 0.288. The summed E-state index contributed by atoms with van der Waals surface area (Å²) in [6, 6.07) is 0. The first-order chi connectivity index (χ1) is 16.8. The van der Waals surface area contributed by atoms with Crippen molar-refractivity contribution in [1.29, 1.82) is 0 Å². The number of amides is 1. The number of rotatable bonds is 19. The van der Waals surface area contributed by atoms with Crippen LogP contribution in [0, 0.1) is 16.7 Å². The molecule has 0 aliphatic carbocycles. The molecule has 3 heteroatoms. The zero-order valence-corrected chi connectivity index (χ0v) is 24.6. The lowest BCUT2D eigenvalue weighted by Gasteiger charge is -2.54. The van der Waals surface area contributed by atoms with Gasteiger partial charge in [-0.1, -0.05) is 105 Å². The molecule has 0 N–H and O–H groups in total. The Morgan fingerprint density at radius 2 is 1.26 bits per heavy atom. The van der Waals surface area contributed by atoms with Gasteiger partial charge in [-0.05, 0) is 62.3 Å². The van der Waals surface area contributed by atoms with Crippen molar-refractivity contribution in [2.75, 3.05) is 32.7 Å². The number of hydrogen-bond acceptors (Lipinski definition) is 2. The minimum Gasteiger partial charge on any atom is -0.342 e. The van der Waals surface area contributed by atoms with E-state index in [9.17, 15) is 4.79 Å². The molecule has 0 aromatic carbocycles. The normalized spacial score (nSPS) is 19.2. The molecule has 2 fully saturated rings. The highest BCUT2D eigenvalue weighted by atomic mass is 16.2. The van der Waals surface area contributed by atoms with E-state index in [4.69, 9.17) is 0 Å². The second kappa shape index (κ2) is 16.3. The summed E-state index contributed by atoms with van der Waals surface area (Å²) in [6.07, 6.45) is 23.2. The predicted molar refractivity (Wildman–Crippen MR) is 153 cm³/mol. The SMILES string of the molecule is CCCCCCC(CCCCC)C(=O)N1CCC2(CC1)CN(CCCC(C)(C)CCCCCC)C2. The van der Waals surface area contributed by atoms with Gasteiger partial charge in [-0.3, -0.25) is 4.79 Å². The van der Waals surface area contributed by atoms with Gasteiger partial charge in [0.2, 0.25) is 5.91 Å². The van der Waals surface area contributed by atoms with Crippen molar-refractivity contribution in [3.8, 4) is 0 Å². The van der Waals surface area contributed by atoms with Crippen LogP contribution < -0.4 is 0 Å². The van der Waals surface area contributed by atoms with Crippen LogP contribution >= 0.6 is 0 Å². The van der Waals surface area contributed by atoms with Crippen molar-refractivity contribution in [2.45, 2.75) is 150 Å². The first-order valence-corrected chi connectivity index (χ1v) is 15.9. The van der Waals surface area contributed by atoms with Crippen LogP contribution in [0.1, 0.15) is 150 Å². The highest BCUT2D eigenvalue weighted by molar-refractivity contribution is 5.79. The smallest absolute Gasteiger partial charge is 0.225 e. The highest BCUT2D eigenvalue weighted by Gasteiger charge is 2.45. The standard InChI is InChI=1S/C32H62N2O/c1-6-9-12-15-19-29(18-14-11-8-3)30(35)34-25-22-32(23-26-34)27-33(28-32)24-17-21-31(4,5)20-16-13-10-7-2/h29H,6-28H2,1-5H3. The van der Waals surface area contributed by atoms with E-state index in [1.54, 1.807) is 0 Å². The molecule has 35 heavy (non-hydrogen) atoms. The summed E-state index contributed by atoms with van der Waals surface area (Å²) >= 11 is 0. The number of carbonyl (C=O) groups excluding carboxylic acids is 1. The van der Waals surface area contributed by atoms with E-state index >= 15 is 0 Å². The summed E-state index contributed by atoms with van der Waals surface area (Å²) in [5.41, 5.74) is 1.03. The van der Waals surface area contributed by atoms with Crippen molar-refractivity contribution < 1.29 is 4.79 Å². The Kier molecular flexibility index (Phi) is 14.3. The molecule has 1 unspecified atom stereocenters. The lowest BCUT2D eigenvalue weighted by atomic mass is 9.71. The van der Waals surface area contributed by atoms with Gasteiger partial charge in [-0.25, -0.2) is 0 Å². The number of hydrogen-bond donors (Lipinski definition) is 0. The second-order valence-corrected chi connectivity index (χ2v) is 13.2. The van der Waals surface area contributed by atoms with Gasteiger partial charge in [0.25, 0.3) is 0 Å². The summed E-state index contributed by atoms with van der Waals surface area (Å²) in [6.45, 7) is 17.6. The molecule has 0 saturated carbocycles. The van der Waals surface area contributed by atoms with Crippen LogP contribution in [0.15, 0.2) is 0 Å². The van der Waals surface area contributed by atoms with Crippen LogP contribution in [0.5, 0.6) is 0 Å². The van der Waals surface area contributed by atoms with Crippen molar-refractivity contribution in [1.82, 2.24) is 9.80 Å². The van der Waals surface area contributed by atoms with Gasteiger partial charge in [-0.15, -0.1) is 0 Å². The van der Waals surface area contributed by atoms with Crippen molar-refractivity contribution in [3.05, 3.63) is 0 Å². The number of nitrogens with zero attached hydrogens (tertiary/aromatic N) is 2. The van der Waals surface area contributed by atoms with E-state index in [0.29, 0.717) is 16.7 Å². The van der Waals surface area contributed by atoms with Gasteiger partial charge in [0.15, 0.2) is 0 Å². The molecule has 2 aliphatic heterocycles. The number of piperidine rings is 1. The topological polar surface area (TPSA) is 23.6 Å². The average Bonchev–Trinajstić information content (AvgIpc) is 2.82. The van der Waals surface area contributed by atoms with Crippen LogP contribution in [0.2, 0.25) is 0 Å². The Bertz CT molecular complexity index is 556. The highest BCUT2D eigenvalue weighted by Crippen LogP contribution is 2.41. The van der Waals surface area contributed by atoms with E-state index < -0.39 is 0 Å². The molecular formula is C32H62N2O. The van der Waals surface area contributed by atoms with Crippen LogP contribution in [0.25, 0.3) is 0 Å². The Morgan fingerprint density at radius 1 is 0.743 bits per heavy atom. The van der Waals surface area contributed by atoms with Crippen molar-refractivity contribution in [2.24, 2.45) is 16.7 Å². The van der Waals surface area contributed by atoms with Crippen molar-refractivity contribution in [3.63, 3.8) is 0 Å². The lowest BCUT2D eigenvalue weighted by Crippen LogP contribution is -2.61. The molecule has 1 spiro atoms. The minimum atomic E-state index is 0.288. The molecule has 206 valence electrons. The van der Waals surface area contributed by atoms with Crippen LogP contribution in [0.4, 0.5) is 0 Å². The van der Waals surface area contributed by atoms with E-state index in [2.05, 4.69) is 44.4 Å². The monoisotopic (exact) mass is 490 g/mol. The molecule has 2 rings (SSSR count). The predicted octanol–water partition coefficient (Wildman–Crippen LogP) is 8.85. The Balaban J connectivity index is 1.67.